The number of amides is 1. The van der Waals surface area contributed by atoms with Gasteiger partial charge in [-0.1, -0.05) is 6.07 Å². The van der Waals surface area contributed by atoms with Crippen LogP contribution in [-0.4, -0.2) is 17.0 Å². The van der Waals surface area contributed by atoms with Crippen LogP contribution in [0.4, 0.5) is 18.9 Å². The van der Waals surface area contributed by atoms with Crippen LogP contribution in [0, 0.1) is 10.1 Å². The van der Waals surface area contributed by atoms with E-state index in [1.165, 1.54) is 29.7 Å². The first-order chi connectivity index (χ1) is 14.2. The van der Waals surface area contributed by atoms with E-state index in [9.17, 15) is 28.1 Å². The standard InChI is InChI=1S/C19H12F3N3O4S/c20-19(21,22)13-5-8-16(15(10-13)25(27)28)29-14-6-3-12(4-7-14)11-23-24-18(26)17-2-1-9-30-17/h1-11H,(H,24,26)/b23-11-. The molecule has 7 nitrogen and oxygen atoms in total. The molecule has 1 amide bonds. The lowest BCUT2D eigenvalue weighted by Gasteiger charge is -2.10. The number of carbonyl (C=O) groups excluding carboxylic acids is 1. The van der Waals surface area contributed by atoms with E-state index in [1.807, 2.05) is 0 Å². The third kappa shape index (κ3) is 5.20. The average molecular weight is 435 g/mol. The number of hydrazone groups is 1. The molecule has 0 unspecified atom stereocenters. The molecule has 154 valence electrons. The Morgan fingerprint density at radius 1 is 1.17 bits per heavy atom. The Balaban J connectivity index is 1.69. The fourth-order valence-electron chi connectivity index (χ4n) is 2.30. The molecule has 0 aliphatic heterocycles. The van der Waals surface area contributed by atoms with Gasteiger partial charge in [0.25, 0.3) is 5.91 Å². The van der Waals surface area contributed by atoms with Gasteiger partial charge in [0.2, 0.25) is 5.75 Å². The smallest absolute Gasteiger partial charge is 0.416 e. The van der Waals surface area contributed by atoms with Crippen LogP contribution in [0.15, 0.2) is 65.1 Å². The van der Waals surface area contributed by atoms with Crippen LogP contribution in [0.2, 0.25) is 0 Å². The fraction of sp³-hybridized carbons (Fsp3) is 0.0526. The number of hydrogen-bond donors (Lipinski definition) is 1. The summed E-state index contributed by atoms with van der Waals surface area (Å²) in [6.07, 6.45) is -3.32. The van der Waals surface area contributed by atoms with Gasteiger partial charge in [-0.05, 0) is 53.4 Å². The maximum Gasteiger partial charge on any atom is 0.416 e. The highest BCUT2D eigenvalue weighted by atomic mass is 32.1. The summed E-state index contributed by atoms with van der Waals surface area (Å²) >= 11 is 1.27. The maximum absolute atomic E-state index is 12.8. The summed E-state index contributed by atoms with van der Waals surface area (Å²) in [5.41, 5.74) is 1.02. The predicted octanol–water partition coefficient (Wildman–Crippen LogP) is 5.23. The van der Waals surface area contributed by atoms with Crippen molar-refractivity contribution in [2.24, 2.45) is 5.10 Å². The molecule has 1 aromatic heterocycles. The van der Waals surface area contributed by atoms with E-state index in [4.69, 9.17) is 4.74 Å². The van der Waals surface area contributed by atoms with Crippen molar-refractivity contribution in [1.29, 1.82) is 0 Å². The molecule has 3 aromatic rings. The Labute approximate surface area is 171 Å². The van der Waals surface area contributed by atoms with Gasteiger partial charge in [-0.25, -0.2) is 5.43 Å². The summed E-state index contributed by atoms with van der Waals surface area (Å²) in [5, 5.41) is 16.7. The first-order valence-electron chi connectivity index (χ1n) is 8.24. The minimum atomic E-state index is -4.71. The second-order valence-corrected chi connectivity index (χ2v) is 6.73. The third-order valence-corrected chi connectivity index (χ3v) is 4.58. The second-order valence-electron chi connectivity index (χ2n) is 5.78. The number of hydrogen-bond acceptors (Lipinski definition) is 6. The number of thiophene rings is 1. The Hall–Kier alpha value is -3.73. The van der Waals surface area contributed by atoms with Gasteiger partial charge in [-0.3, -0.25) is 14.9 Å². The fourth-order valence-corrected chi connectivity index (χ4v) is 2.91. The summed E-state index contributed by atoms with van der Waals surface area (Å²) in [7, 11) is 0. The number of nitrogens with zero attached hydrogens (tertiary/aromatic N) is 2. The number of ether oxygens (including phenoxy) is 1. The first kappa shape index (κ1) is 21.0. The molecule has 0 aliphatic rings. The zero-order valence-corrected chi connectivity index (χ0v) is 15.7. The topological polar surface area (TPSA) is 93.8 Å². The Kier molecular flexibility index (Phi) is 6.11. The first-order valence-corrected chi connectivity index (χ1v) is 9.12. The van der Waals surface area contributed by atoms with Crippen molar-refractivity contribution in [3.63, 3.8) is 0 Å². The molecule has 0 fully saturated rings. The molecule has 1 N–H and O–H groups in total. The van der Waals surface area contributed by atoms with Crippen molar-refractivity contribution in [1.82, 2.24) is 5.43 Å². The van der Waals surface area contributed by atoms with Gasteiger partial charge >= 0.3 is 11.9 Å². The van der Waals surface area contributed by atoms with Crippen molar-refractivity contribution in [2.45, 2.75) is 6.18 Å². The summed E-state index contributed by atoms with van der Waals surface area (Å²) in [5.74, 6) is -0.494. The SMILES string of the molecule is O=C(N/N=C\c1ccc(Oc2ccc(C(F)(F)F)cc2[N+](=O)[O-])cc1)c1cccs1. The van der Waals surface area contributed by atoms with Crippen LogP contribution in [0.3, 0.4) is 0 Å². The summed E-state index contributed by atoms with van der Waals surface area (Å²) in [6.45, 7) is 0. The molecule has 0 saturated heterocycles. The van der Waals surface area contributed by atoms with Crippen molar-refractivity contribution in [3.05, 3.63) is 86.1 Å². The molecule has 11 heteroatoms. The number of nitro benzene ring substituents is 1. The van der Waals surface area contributed by atoms with E-state index >= 15 is 0 Å². The van der Waals surface area contributed by atoms with Gasteiger partial charge in [0, 0.05) is 6.07 Å². The average Bonchev–Trinajstić information content (AvgIpc) is 3.23. The molecule has 0 radical (unpaired) electrons. The summed E-state index contributed by atoms with van der Waals surface area (Å²) in [6, 6.07) is 11.5. The van der Waals surface area contributed by atoms with Gasteiger partial charge in [0.15, 0.2) is 0 Å². The highest BCUT2D eigenvalue weighted by molar-refractivity contribution is 7.12. The number of carbonyl (C=O) groups is 1. The molecule has 0 saturated carbocycles. The van der Waals surface area contributed by atoms with Gasteiger partial charge < -0.3 is 4.74 Å². The zero-order chi connectivity index (χ0) is 21.7. The summed E-state index contributed by atoms with van der Waals surface area (Å²) < 4.78 is 43.7. The number of rotatable bonds is 6. The predicted molar refractivity (Wildman–Crippen MR) is 104 cm³/mol. The molecular formula is C19H12F3N3O4S. The van der Waals surface area contributed by atoms with E-state index in [0.29, 0.717) is 22.6 Å². The number of benzene rings is 2. The van der Waals surface area contributed by atoms with Crippen LogP contribution >= 0.6 is 11.3 Å². The minimum absolute atomic E-state index is 0.178. The molecule has 2 aromatic carbocycles. The second kappa shape index (κ2) is 8.74. The van der Waals surface area contributed by atoms with E-state index in [2.05, 4.69) is 10.5 Å². The van der Waals surface area contributed by atoms with Crippen molar-refractivity contribution in [2.75, 3.05) is 0 Å². The Bertz CT molecular complexity index is 1080. The van der Waals surface area contributed by atoms with Gasteiger partial charge in [-0.2, -0.15) is 18.3 Å². The van der Waals surface area contributed by atoms with Crippen LogP contribution in [0.5, 0.6) is 11.5 Å². The lowest BCUT2D eigenvalue weighted by Crippen LogP contribution is -2.16. The molecule has 3 rings (SSSR count). The van der Waals surface area contributed by atoms with Crippen LogP contribution in [-0.2, 0) is 6.18 Å². The van der Waals surface area contributed by atoms with Gasteiger partial charge in [0.05, 0.1) is 21.6 Å². The molecule has 0 bridgehead atoms. The monoisotopic (exact) mass is 435 g/mol. The van der Waals surface area contributed by atoms with E-state index in [-0.39, 0.29) is 17.4 Å². The zero-order valence-electron chi connectivity index (χ0n) is 14.9. The number of alkyl halides is 3. The van der Waals surface area contributed by atoms with Crippen molar-refractivity contribution in [3.8, 4) is 11.5 Å². The molecule has 1 heterocycles. The molecule has 0 spiro atoms. The van der Waals surface area contributed by atoms with Crippen molar-refractivity contribution < 1.29 is 27.6 Å². The highest BCUT2D eigenvalue weighted by Gasteiger charge is 2.33. The molecular weight excluding hydrogens is 423 g/mol. The van der Waals surface area contributed by atoms with Gasteiger partial charge in [0.1, 0.15) is 5.75 Å². The largest absolute Gasteiger partial charge is 0.450 e. The van der Waals surface area contributed by atoms with Crippen LogP contribution in [0.1, 0.15) is 20.8 Å². The summed E-state index contributed by atoms with van der Waals surface area (Å²) in [4.78, 5) is 22.4. The van der Waals surface area contributed by atoms with Crippen molar-refractivity contribution >= 4 is 29.1 Å². The molecule has 0 atom stereocenters. The lowest BCUT2D eigenvalue weighted by molar-refractivity contribution is -0.385. The quantitative estimate of drug-likeness (QED) is 0.326. The Morgan fingerprint density at radius 2 is 1.90 bits per heavy atom. The molecule has 30 heavy (non-hydrogen) atoms. The number of nitrogens with one attached hydrogen (secondary N) is 1. The number of halogens is 3. The third-order valence-electron chi connectivity index (χ3n) is 3.72. The van der Waals surface area contributed by atoms with E-state index in [1.54, 1.807) is 29.6 Å². The molecule has 0 aliphatic carbocycles. The highest BCUT2D eigenvalue weighted by Crippen LogP contribution is 2.37. The van der Waals surface area contributed by atoms with Gasteiger partial charge in [-0.15, -0.1) is 11.3 Å². The Morgan fingerprint density at radius 3 is 2.50 bits per heavy atom. The minimum Gasteiger partial charge on any atom is -0.450 e. The maximum atomic E-state index is 12.8. The number of nitro groups is 1. The van der Waals surface area contributed by atoms with Crippen LogP contribution < -0.4 is 10.2 Å². The lowest BCUT2D eigenvalue weighted by atomic mass is 10.2. The normalized spacial score (nSPS) is 11.4. The van der Waals surface area contributed by atoms with Crippen LogP contribution in [0.25, 0.3) is 0 Å². The van der Waals surface area contributed by atoms with E-state index in [0.717, 1.165) is 6.07 Å². The van der Waals surface area contributed by atoms with E-state index < -0.39 is 22.4 Å².